The molecule has 3 N–H and O–H groups in total. The van der Waals surface area contributed by atoms with Crippen molar-refractivity contribution >= 4 is 23.5 Å². The standard InChI is InChI=1S/C12H18N8O/c1-8-9(7-19(2)18-8)14-11-15-10(13)16-12(17-11)20-3-5-21-6-4-20/h7H,3-6H2,1-2H3,(H3,13,14,15,16,17). The lowest BCUT2D eigenvalue weighted by atomic mass is 10.4. The van der Waals surface area contributed by atoms with Gasteiger partial charge in [-0.15, -0.1) is 0 Å². The Balaban J connectivity index is 1.85. The van der Waals surface area contributed by atoms with Gasteiger partial charge in [0.2, 0.25) is 17.8 Å². The van der Waals surface area contributed by atoms with E-state index in [0.717, 1.165) is 24.5 Å². The highest BCUT2D eigenvalue weighted by Crippen LogP contribution is 2.19. The van der Waals surface area contributed by atoms with E-state index in [2.05, 4.69) is 25.4 Å². The second-order valence-corrected chi connectivity index (χ2v) is 4.84. The van der Waals surface area contributed by atoms with Gasteiger partial charge in [0, 0.05) is 26.3 Å². The van der Waals surface area contributed by atoms with Crippen LogP contribution in [0, 0.1) is 6.92 Å². The molecule has 0 aliphatic carbocycles. The third-order valence-corrected chi connectivity index (χ3v) is 3.19. The van der Waals surface area contributed by atoms with E-state index in [0.29, 0.717) is 25.1 Å². The van der Waals surface area contributed by atoms with Gasteiger partial charge in [-0.25, -0.2) is 0 Å². The molecule has 112 valence electrons. The minimum atomic E-state index is 0.190. The van der Waals surface area contributed by atoms with Gasteiger partial charge in [0.15, 0.2) is 0 Å². The van der Waals surface area contributed by atoms with Crippen molar-refractivity contribution in [2.24, 2.45) is 7.05 Å². The molecule has 0 bridgehead atoms. The van der Waals surface area contributed by atoms with Crippen LogP contribution < -0.4 is 16.0 Å². The Morgan fingerprint density at radius 1 is 1.24 bits per heavy atom. The van der Waals surface area contributed by atoms with Gasteiger partial charge in [0.05, 0.1) is 24.6 Å². The summed E-state index contributed by atoms with van der Waals surface area (Å²) in [4.78, 5) is 14.8. The van der Waals surface area contributed by atoms with E-state index < -0.39 is 0 Å². The largest absolute Gasteiger partial charge is 0.378 e. The molecule has 21 heavy (non-hydrogen) atoms. The molecule has 1 aliphatic rings. The molecule has 1 aliphatic heterocycles. The normalized spacial score (nSPS) is 15.2. The Kier molecular flexibility index (Phi) is 3.57. The van der Waals surface area contributed by atoms with E-state index >= 15 is 0 Å². The zero-order chi connectivity index (χ0) is 14.8. The third-order valence-electron chi connectivity index (χ3n) is 3.19. The lowest BCUT2D eigenvalue weighted by Crippen LogP contribution is -2.37. The molecule has 1 saturated heterocycles. The van der Waals surface area contributed by atoms with Gasteiger partial charge in [-0.1, -0.05) is 0 Å². The van der Waals surface area contributed by atoms with E-state index in [1.165, 1.54) is 0 Å². The molecular formula is C12H18N8O. The maximum atomic E-state index is 5.78. The number of morpholine rings is 1. The first kappa shape index (κ1) is 13.6. The van der Waals surface area contributed by atoms with Gasteiger partial charge in [-0.05, 0) is 6.92 Å². The van der Waals surface area contributed by atoms with Crippen LogP contribution in [0.25, 0.3) is 0 Å². The number of nitrogens with zero attached hydrogens (tertiary/aromatic N) is 6. The number of ether oxygens (including phenoxy) is 1. The first-order valence-electron chi connectivity index (χ1n) is 6.73. The van der Waals surface area contributed by atoms with Crippen LogP contribution >= 0.6 is 0 Å². The summed E-state index contributed by atoms with van der Waals surface area (Å²) in [7, 11) is 1.86. The molecule has 9 heteroatoms. The second kappa shape index (κ2) is 5.52. The topological polar surface area (TPSA) is 107 Å². The number of nitrogen functional groups attached to an aromatic ring is 1. The number of nitrogens with one attached hydrogen (secondary N) is 1. The summed E-state index contributed by atoms with van der Waals surface area (Å²) in [6.07, 6.45) is 1.86. The highest BCUT2D eigenvalue weighted by atomic mass is 16.5. The molecule has 0 aromatic carbocycles. The van der Waals surface area contributed by atoms with E-state index in [-0.39, 0.29) is 5.95 Å². The maximum absolute atomic E-state index is 5.78. The molecule has 3 heterocycles. The summed E-state index contributed by atoms with van der Waals surface area (Å²) in [5, 5.41) is 7.40. The molecule has 2 aromatic heterocycles. The Hall–Kier alpha value is -2.42. The van der Waals surface area contributed by atoms with Crippen LogP contribution in [0.15, 0.2) is 6.20 Å². The van der Waals surface area contributed by atoms with E-state index in [9.17, 15) is 0 Å². The highest BCUT2D eigenvalue weighted by molar-refractivity contribution is 5.57. The van der Waals surface area contributed by atoms with Gasteiger partial charge in [-0.2, -0.15) is 20.1 Å². The number of anilines is 4. The van der Waals surface area contributed by atoms with Crippen LogP contribution in [0.5, 0.6) is 0 Å². The smallest absolute Gasteiger partial charge is 0.233 e. The van der Waals surface area contributed by atoms with Crippen LogP contribution in [0.3, 0.4) is 0 Å². The Labute approximate surface area is 122 Å². The zero-order valence-electron chi connectivity index (χ0n) is 12.1. The minimum Gasteiger partial charge on any atom is -0.378 e. The van der Waals surface area contributed by atoms with Gasteiger partial charge >= 0.3 is 0 Å². The predicted octanol–water partition coefficient (Wildman–Crippen LogP) is 0.0759. The van der Waals surface area contributed by atoms with Crippen molar-refractivity contribution in [1.82, 2.24) is 24.7 Å². The molecule has 0 amide bonds. The lowest BCUT2D eigenvalue weighted by molar-refractivity contribution is 0.122. The van der Waals surface area contributed by atoms with Crippen LogP contribution in [-0.4, -0.2) is 51.0 Å². The van der Waals surface area contributed by atoms with Crippen molar-refractivity contribution in [1.29, 1.82) is 0 Å². The molecule has 0 unspecified atom stereocenters. The Morgan fingerprint density at radius 3 is 2.67 bits per heavy atom. The molecule has 0 atom stereocenters. The summed E-state index contributed by atoms with van der Waals surface area (Å²) < 4.78 is 7.05. The molecule has 9 nitrogen and oxygen atoms in total. The van der Waals surface area contributed by atoms with E-state index in [4.69, 9.17) is 10.5 Å². The number of hydrogen-bond donors (Lipinski definition) is 2. The fraction of sp³-hybridized carbons (Fsp3) is 0.500. The second-order valence-electron chi connectivity index (χ2n) is 4.84. The molecule has 2 aromatic rings. The number of rotatable bonds is 3. The van der Waals surface area contributed by atoms with E-state index in [1.807, 2.05) is 25.1 Å². The fourth-order valence-electron chi connectivity index (χ4n) is 2.18. The monoisotopic (exact) mass is 290 g/mol. The summed E-state index contributed by atoms with van der Waals surface area (Å²) in [6.45, 7) is 4.73. The van der Waals surface area contributed by atoms with Gasteiger partial charge < -0.3 is 20.7 Å². The van der Waals surface area contributed by atoms with Crippen molar-refractivity contribution in [3.8, 4) is 0 Å². The lowest BCUT2D eigenvalue weighted by Gasteiger charge is -2.26. The molecule has 0 spiro atoms. The number of hydrogen-bond acceptors (Lipinski definition) is 8. The van der Waals surface area contributed by atoms with E-state index in [1.54, 1.807) is 4.68 Å². The zero-order valence-corrected chi connectivity index (χ0v) is 12.1. The van der Waals surface area contributed by atoms with Gasteiger partial charge in [0.25, 0.3) is 0 Å². The maximum Gasteiger partial charge on any atom is 0.233 e. The van der Waals surface area contributed by atoms with Crippen LogP contribution in [0.4, 0.5) is 23.5 Å². The SMILES string of the molecule is Cc1nn(C)cc1Nc1nc(N)nc(N2CCOCC2)n1. The Morgan fingerprint density at radius 2 is 2.00 bits per heavy atom. The first-order chi connectivity index (χ1) is 10.1. The summed E-state index contributed by atoms with van der Waals surface area (Å²) in [5.74, 6) is 1.17. The van der Waals surface area contributed by atoms with Crippen LogP contribution in [0.1, 0.15) is 5.69 Å². The third kappa shape index (κ3) is 3.02. The van der Waals surface area contributed by atoms with Crippen LogP contribution in [-0.2, 0) is 11.8 Å². The van der Waals surface area contributed by atoms with Crippen molar-refractivity contribution < 1.29 is 4.74 Å². The van der Waals surface area contributed by atoms with Crippen molar-refractivity contribution in [2.45, 2.75) is 6.92 Å². The van der Waals surface area contributed by atoms with Crippen LogP contribution in [0.2, 0.25) is 0 Å². The van der Waals surface area contributed by atoms with Gasteiger partial charge in [0.1, 0.15) is 0 Å². The average Bonchev–Trinajstić information content (AvgIpc) is 2.77. The molecule has 1 fully saturated rings. The quantitative estimate of drug-likeness (QED) is 0.818. The summed E-state index contributed by atoms with van der Waals surface area (Å²) in [6, 6.07) is 0. The summed E-state index contributed by atoms with van der Waals surface area (Å²) in [5.41, 5.74) is 7.49. The summed E-state index contributed by atoms with van der Waals surface area (Å²) >= 11 is 0. The minimum absolute atomic E-state index is 0.190. The molecule has 0 saturated carbocycles. The number of aromatic nitrogens is 5. The molecular weight excluding hydrogens is 272 g/mol. The van der Waals surface area contributed by atoms with Gasteiger partial charge in [-0.3, -0.25) is 4.68 Å². The predicted molar refractivity (Wildman–Crippen MR) is 78.5 cm³/mol. The number of aryl methyl sites for hydroxylation is 2. The number of nitrogens with two attached hydrogens (primary N) is 1. The van der Waals surface area contributed by atoms with Crippen molar-refractivity contribution in [2.75, 3.05) is 42.3 Å². The average molecular weight is 290 g/mol. The Bertz CT molecular complexity index is 634. The van der Waals surface area contributed by atoms with Crippen molar-refractivity contribution in [3.63, 3.8) is 0 Å². The molecule has 3 rings (SSSR count). The highest BCUT2D eigenvalue weighted by Gasteiger charge is 2.16. The molecule has 0 radical (unpaired) electrons. The fourth-order valence-corrected chi connectivity index (χ4v) is 2.18. The van der Waals surface area contributed by atoms with Crippen molar-refractivity contribution in [3.05, 3.63) is 11.9 Å². The first-order valence-corrected chi connectivity index (χ1v) is 6.73.